The molecule has 0 heterocycles. The number of amides is 2. The van der Waals surface area contributed by atoms with Gasteiger partial charge in [0.1, 0.15) is 0 Å². The second-order valence-corrected chi connectivity index (χ2v) is 4.09. The molecule has 0 radical (unpaired) electrons. The highest BCUT2D eigenvalue weighted by atomic mass is 16.7. The van der Waals surface area contributed by atoms with E-state index in [9.17, 15) is 9.59 Å². The van der Waals surface area contributed by atoms with E-state index in [1.165, 1.54) is 0 Å². The number of alkyl carbamates (subject to hydrolysis) is 1. The molecular weight excluding hydrogens is 248 g/mol. The van der Waals surface area contributed by atoms with Crippen LogP contribution in [0.1, 0.15) is 25.7 Å². The van der Waals surface area contributed by atoms with Crippen LogP contribution in [0.25, 0.3) is 0 Å². The lowest BCUT2D eigenvalue weighted by molar-refractivity contribution is -0.135. The lowest BCUT2D eigenvalue weighted by Crippen LogP contribution is -2.36. The van der Waals surface area contributed by atoms with Gasteiger partial charge in [-0.25, -0.2) is 4.79 Å². The Labute approximate surface area is 111 Å². The molecule has 1 unspecified atom stereocenters. The van der Waals surface area contributed by atoms with Gasteiger partial charge in [-0.05, 0) is 13.8 Å². The van der Waals surface area contributed by atoms with Gasteiger partial charge in [0.2, 0.25) is 12.2 Å². The monoisotopic (exact) mass is 266 g/mol. The summed E-state index contributed by atoms with van der Waals surface area (Å²) in [6, 6.07) is 8.99. The quantitative estimate of drug-likeness (QED) is 0.784. The molecule has 0 aliphatic carbocycles. The minimum Gasteiger partial charge on any atom is -0.415 e. The summed E-state index contributed by atoms with van der Waals surface area (Å²) in [6.45, 7) is 3.36. The molecule has 0 spiro atoms. The zero-order valence-electron chi connectivity index (χ0n) is 11.0. The molecule has 0 saturated carbocycles. The average molecular weight is 266 g/mol. The molecule has 19 heavy (non-hydrogen) atoms. The van der Waals surface area contributed by atoms with E-state index in [2.05, 4.69) is 0 Å². The molecule has 104 valence electrons. The van der Waals surface area contributed by atoms with E-state index < -0.39 is 18.3 Å². The zero-order valence-corrected chi connectivity index (χ0v) is 11.0. The largest absolute Gasteiger partial charge is 0.416 e. The molecule has 0 aliphatic heterocycles. The summed E-state index contributed by atoms with van der Waals surface area (Å²) in [5, 5.41) is 2.00. The maximum atomic E-state index is 11.5. The summed E-state index contributed by atoms with van der Waals surface area (Å²) in [6.07, 6.45) is -1.89. The first-order valence-electron chi connectivity index (χ1n) is 5.94. The van der Waals surface area contributed by atoms with Gasteiger partial charge < -0.3 is 15.2 Å². The number of rotatable bonds is 5. The SMILES string of the molecule is CC(C)OC(OC(=O)NC(=O)CN)c1ccccc1. The number of benzene rings is 1. The Kier molecular flexibility index (Phi) is 5.98. The summed E-state index contributed by atoms with van der Waals surface area (Å²) < 4.78 is 10.6. The summed E-state index contributed by atoms with van der Waals surface area (Å²) in [4.78, 5) is 22.5. The van der Waals surface area contributed by atoms with Crippen molar-refractivity contribution in [1.82, 2.24) is 5.32 Å². The van der Waals surface area contributed by atoms with Crippen LogP contribution in [-0.2, 0) is 14.3 Å². The molecule has 3 N–H and O–H groups in total. The van der Waals surface area contributed by atoms with E-state index >= 15 is 0 Å². The molecule has 1 aromatic rings. The number of ether oxygens (including phenoxy) is 2. The van der Waals surface area contributed by atoms with Gasteiger partial charge in [-0.2, -0.15) is 0 Å². The van der Waals surface area contributed by atoms with Crippen LogP contribution in [0.4, 0.5) is 4.79 Å². The van der Waals surface area contributed by atoms with Crippen molar-refractivity contribution >= 4 is 12.0 Å². The third-order valence-corrected chi connectivity index (χ3v) is 2.11. The van der Waals surface area contributed by atoms with Crippen molar-refractivity contribution in [3.05, 3.63) is 35.9 Å². The van der Waals surface area contributed by atoms with E-state index in [4.69, 9.17) is 15.2 Å². The molecule has 0 aliphatic rings. The first-order chi connectivity index (χ1) is 9.02. The second-order valence-electron chi connectivity index (χ2n) is 4.09. The molecule has 0 saturated heterocycles. The van der Waals surface area contributed by atoms with Gasteiger partial charge in [-0.3, -0.25) is 10.1 Å². The fraction of sp³-hybridized carbons (Fsp3) is 0.385. The van der Waals surface area contributed by atoms with E-state index in [-0.39, 0.29) is 12.6 Å². The second kappa shape index (κ2) is 7.50. The van der Waals surface area contributed by atoms with Gasteiger partial charge in [-0.15, -0.1) is 0 Å². The molecule has 0 fully saturated rings. The van der Waals surface area contributed by atoms with Gasteiger partial charge in [0, 0.05) is 5.56 Å². The van der Waals surface area contributed by atoms with Gasteiger partial charge in [0.25, 0.3) is 0 Å². The number of hydrogen-bond acceptors (Lipinski definition) is 5. The van der Waals surface area contributed by atoms with Crippen molar-refractivity contribution in [3.63, 3.8) is 0 Å². The Hall–Kier alpha value is -1.92. The standard InChI is InChI=1S/C13H18N2O4/c1-9(2)18-12(10-6-4-3-5-7-10)19-13(17)15-11(16)8-14/h3-7,9,12H,8,14H2,1-2H3,(H,15,16,17). The Morgan fingerprint density at radius 2 is 1.89 bits per heavy atom. The molecule has 0 aromatic heterocycles. The lowest BCUT2D eigenvalue weighted by atomic mass is 10.2. The van der Waals surface area contributed by atoms with Crippen molar-refractivity contribution in [1.29, 1.82) is 0 Å². The van der Waals surface area contributed by atoms with Crippen LogP contribution in [0.3, 0.4) is 0 Å². The van der Waals surface area contributed by atoms with Crippen LogP contribution < -0.4 is 11.1 Å². The van der Waals surface area contributed by atoms with Crippen molar-refractivity contribution in [2.24, 2.45) is 5.73 Å². The zero-order chi connectivity index (χ0) is 14.3. The van der Waals surface area contributed by atoms with Crippen LogP contribution in [0.5, 0.6) is 0 Å². The van der Waals surface area contributed by atoms with Crippen molar-refractivity contribution < 1.29 is 19.1 Å². The van der Waals surface area contributed by atoms with Gasteiger partial charge in [0.15, 0.2) is 0 Å². The normalized spacial score (nSPS) is 12.0. The van der Waals surface area contributed by atoms with E-state index in [1.807, 2.05) is 25.2 Å². The van der Waals surface area contributed by atoms with Gasteiger partial charge in [0.05, 0.1) is 12.6 Å². The molecule has 1 rings (SSSR count). The average Bonchev–Trinajstić information content (AvgIpc) is 2.38. The molecular formula is C13H18N2O4. The van der Waals surface area contributed by atoms with Crippen LogP contribution >= 0.6 is 0 Å². The fourth-order valence-electron chi connectivity index (χ4n) is 1.32. The smallest absolute Gasteiger partial charge is 0.415 e. The Morgan fingerprint density at radius 1 is 1.26 bits per heavy atom. The van der Waals surface area contributed by atoms with Gasteiger partial charge in [-0.1, -0.05) is 30.3 Å². The first kappa shape index (κ1) is 15.1. The predicted molar refractivity (Wildman–Crippen MR) is 69.1 cm³/mol. The summed E-state index contributed by atoms with van der Waals surface area (Å²) in [5.41, 5.74) is 5.78. The Bertz CT molecular complexity index is 420. The Balaban J connectivity index is 2.70. The highest BCUT2D eigenvalue weighted by molar-refractivity contribution is 5.92. The number of imide groups is 1. The molecule has 1 atom stereocenters. The Morgan fingerprint density at radius 3 is 2.42 bits per heavy atom. The highest BCUT2D eigenvalue weighted by Crippen LogP contribution is 2.20. The summed E-state index contributed by atoms with van der Waals surface area (Å²) in [7, 11) is 0. The maximum absolute atomic E-state index is 11.5. The third kappa shape index (κ3) is 5.50. The van der Waals surface area contributed by atoms with Crippen molar-refractivity contribution in [3.8, 4) is 0 Å². The maximum Gasteiger partial charge on any atom is 0.416 e. The number of nitrogens with two attached hydrogens (primary N) is 1. The molecule has 0 bridgehead atoms. The molecule has 1 aromatic carbocycles. The molecule has 6 nitrogen and oxygen atoms in total. The predicted octanol–water partition coefficient (Wildman–Crippen LogP) is 1.32. The topological polar surface area (TPSA) is 90.6 Å². The number of carbonyl (C=O) groups excluding carboxylic acids is 2. The van der Waals surface area contributed by atoms with Crippen LogP contribution in [0.2, 0.25) is 0 Å². The van der Waals surface area contributed by atoms with Crippen molar-refractivity contribution in [2.45, 2.75) is 26.2 Å². The third-order valence-electron chi connectivity index (χ3n) is 2.11. The molecule has 2 amide bonds. The van der Waals surface area contributed by atoms with Crippen LogP contribution in [-0.4, -0.2) is 24.6 Å². The number of carbonyl (C=O) groups is 2. The van der Waals surface area contributed by atoms with E-state index in [0.29, 0.717) is 5.56 Å². The summed E-state index contributed by atoms with van der Waals surface area (Å²) >= 11 is 0. The minimum absolute atomic E-state index is 0.136. The highest BCUT2D eigenvalue weighted by Gasteiger charge is 2.19. The summed E-state index contributed by atoms with van der Waals surface area (Å²) in [5.74, 6) is -0.610. The first-order valence-corrected chi connectivity index (χ1v) is 5.94. The number of hydrogen-bond donors (Lipinski definition) is 2. The fourth-order valence-corrected chi connectivity index (χ4v) is 1.32. The van der Waals surface area contributed by atoms with E-state index in [0.717, 1.165) is 0 Å². The minimum atomic E-state index is -0.884. The number of nitrogens with one attached hydrogen (secondary N) is 1. The van der Waals surface area contributed by atoms with Gasteiger partial charge >= 0.3 is 6.09 Å². The van der Waals surface area contributed by atoms with E-state index in [1.54, 1.807) is 24.3 Å². The van der Waals surface area contributed by atoms with Crippen LogP contribution in [0, 0.1) is 0 Å². The lowest BCUT2D eigenvalue weighted by Gasteiger charge is -2.20. The molecule has 6 heteroatoms. The van der Waals surface area contributed by atoms with Crippen LogP contribution in [0.15, 0.2) is 30.3 Å². The van der Waals surface area contributed by atoms with Crippen molar-refractivity contribution in [2.75, 3.05) is 6.54 Å².